The standard InChI is InChI=1S/C13H12N2O4/c1-18-12-7-9(4-5-11(12)16)13(17)15-14-8-10-3-2-6-19-10/h2-8,16H,1H3,(H,15,17)/b14-8+. The number of phenolic OH excluding ortho intramolecular Hbond substituents is 1. The number of nitrogens with one attached hydrogen (secondary N) is 1. The number of benzene rings is 1. The lowest BCUT2D eigenvalue weighted by molar-refractivity contribution is 0.0954. The molecule has 2 aromatic rings. The van der Waals surface area contributed by atoms with Gasteiger partial charge in [-0.1, -0.05) is 0 Å². The predicted octanol–water partition coefficient (Wildman–Crippen LogP) is 1.76. The number of hydrogen-bond donors (Lipinski definition) is 2. The minimum Gasteiger partial charge on any atom is -0.504 e. The molecule has 0 bridgehead atoms. The number of methoxy groups -OCH3 is 1. The Kier molecular flexibility index (Phi) is 3.82. The number of rotatable bonds is 4. The number of amides is 1. The van der Waals surface area contributed by atoms with Crippen molar-refractivity contribution in [2.75, 3.05) is 7.11 Å². The Hall–Kier alpha value is -2.76. The van der Waals surface area contributed by atoms with Crippen LogP contribution in [-0.4, -0.2) is 24.3 Å². The normalized spacial score (nSPS) is 10.6. The van der Waals surface area contributed by atoms with E-state index in [0.29, 0.717) is 11.3 Å². The zero-order valence-electron chi connectivity index (χ0n) is 10.2. The lowest BCUT2D eigenvalue weighted by Gasteiger charge is -2.05. The lowest BCUT2D eigenvalue weighted by Crippen LogP contribution is -2.17. The van der Waals surface area contributed by atoms with Gasteiger partial charge < -0.3 is 14.3 Å². The Morgan fingerprint density at radius 3 is 3.00 bits per heavy atom. The van der Waals surface area contributed by atoms with E-state index in [-0.39, 0.29) is 11.5 Å². The molecule has 0 aliphatic heterocycles. The van der Waals surface area contributed by atoms with Crippen LogP contribution in [0.4, 0.5) is 0 Å². The van der Waals surface area contributed by atoms with Gasteiger partial charge in [-0.25, -0.2) is 5.43 Å². The van der Waals surface area contributed by atoms with E-state index in [1.54, 1.807) is 12.1 Å². The molecule has 0 radical (unpaired) electrons. The first-order chi connectivity index (χ1) is 9.20. The van der Waals surface area contributed by atoms with Crippen LogP contribution in [0, 0.1) is 0 Å². The Labute approximate surface area is 109 Å². The lowest BCUT2D eigenvalue weighted by atomic mass is 10.2. The molecule has 2 N–H and O–H groups in total. The van der Waals surface area contributed by atoms with Gasteiger partial charge in [0, 0.05) is 5.56 Å². The van der Waals surface area contributed by atoms with E-state index in [4.69, 9.17) is 9.15 Å². The van der Waals surface area contributed by atoms with Crippen molar-refractivity contribution in [3.63, 3.8) is 0 Å². The first-order valence-electron chi connectivity index (χ1n) is 5.44. The molecule has 0 spiro atoms. The molecule has 6 nitrogen and oxygen atoms in total. The van der Waals surface area contributed by atoms with Crippen LogP contribution in [0.25, 0.3) is 0 Å². The highest BCUT2D eigenvalue weighted by molar-refractivity contribution is 5.95. The third kappa shape index (κ3) is 3.12. The molecule has 0 saturated carbocycles. The van der Waals surface area contributed by atoms with Crippen LogP contribution in [0.15, 0.2) is 46.1 Å². The zero-order chi connectivity index (χ0) is 13.7. The fraction of sp³-hybridized carbons (Fsp3) is 0.0769. The largest absolute Gasteiger partial charge is 0.504 e. The molecule has 1 aromatic carbocycles. The maximum Gasteiger partial charge on any atom is 0.271 e. The van der Waals surface area contributed by atoms with Crippen molar-refractivity contribution in [3.05, 3.63) is 47.9 Å². The minimum absolute atomic E-state index is 0.0295. The maximum absolute atomic E-state index is 11.8. The molecular formula is C13H12N2O4. The van der Waals surface area contributed by atoms with Crippen molar-refractivity contribution in [1.82, 2.24) is 5.43 Å². The third-order valence-corrected chi connectivity index (χ3v) is 2.34. The monoisotopic (exact) mass is 260 g/mol. The fourth-order valence-electron chi connectivity index (χ4n) is 1.40. The number of nitrogens with zero attached hydrogens (tertiary/aromatic N) is 1. The van der Waals surface area contributed by atoms with Crippen molar-refractivity contribution in [1.29, 1.82) is 0 Å². The quantitative estimate of drug-likeness (QED) is 0.648. The molecule has 19 heavy (non-hydrogen) atoms. The summed E-state index contributed by atoms with van der Waals surface area (Å²) in [4.78, 5) is 11.8. The maximum atomic E-state index is 11.8. The highest BCUT2D eigenvalue weighted by Gasteiger charge is 2.08. The van der Waals surface area contributed by atoms with Crippen LogP contribution in [0.3, 0.4) is 0 Å². The number of carbonyl (C=O) groups excluding carboxylic acids is 1. The topological polar surface area (TPSA) is 84.1 Å². The molecule has 1 heterocycles. The van der Waals surface area contributed by atoms with Gasteiger partial charge in [-0.2, -0.15) is 5.10 Å². The number of furan rings is 1. The Morgan fingerprint density at radius 2 is 2.32 bits per heavy atom. The number of hydrogen-bond acceptors (Lipinski definition) is 5. The molecule has 6 heteroatoms. The molecule has 0 aliphatic carbocycles. The third-order valence-electron chi connectivity index (χ3n) is 2.34. The van der Waals surface area contributed by atoms with Crippen molar-refractivity contribution in [3.8, 4) is 11.5 Å². The summed E-state index contributed by atoms with van der Waals surface area (Å²) in [6, 6.07) is 7.69. The van der Waals surface area contributed by atoms with Gasteiger partial charge in [-0.05, 0) is 30.3 Å². The second-order valence-corrected chi connectivity index (χ2v) is 3.60. The molecule has 1 aromatic heterocycles. The summed E-state index contributed by atoms with van der Waals surface area (Å²) in [5, 5.41) is 13.2. The average molecular weight is 260 g/mol. The van der Waals surface area contributed by atoms with Crippen LogP contribution in [0.2, 0.25) is 0 Å². The molecule has 0 atom stereocenters. The van der Waals surface area contributed by atoms with Crippen molar-refractivity contribution in [2.24, 2.45) is 5.10 Å². The summed E-state index contributed by atoms with van der Waals surface area (Å²) in [7, 11) is 1.41. The zero-order valence-corrected chi connectivity index (χ0v) is 10.2. The highest BCUT2D eigenvalue weighted by atomic mass is 16.5. The Balaban J connectivity index is 2.04. The summed E-state index contributed by atoms with van der Waals surface area (Å²) >= 11 is 0. The van der Waals surface area contributed by atoms with Gasteiger partial charge in [0.05, 0.1) is 19.6 Å². The summed E-state index contributed by atoms with van der Waals surface area (Å²) in [5.74, 6) is 0.311. The molecule has 1 amide bonds. The molecule has 0 unspecified atom stereocenters. The summed E-state index contributed by atoms with van der Waals surface area (Å²) in [6.45, 7) is 0. The molecule has 2 rings (SSSR count). The van der Waals surface area contributed by atoms with Gasteiger partial charge >= 0.3 is 0 Å². The van der Waals surface area contributed by atoms with Crippen LogP contribution >= 0.6 is 0 Å². The van der Waals surface area contributed by atoms with E-state index >= 15 is 0 Å². The number of phenols is 1. The van der Waals surface area contributed by atoms with E-state index in [1.165, 1.54) is 37.8 Å². The summed E-state index contributed by atoms with van der Waals surface area (Å²) in [6.07, 6.45) is 2.89. The van der Waals surface area contributed by atoms with E-state index in [0.717, 1.165) is 0 Å². The molecule has 0 aliphatic rings. The second-order valence-electron chi connectivity index (χ2n) is 3.60. The van der Waals surface area contributed by atoms with Crippen molar-refractivity contribution in [2.45, 2.75) is 0 Å². The average Bonchev–Trinajstić information content (AvgIpc) is 2.92. The van der Waals surface area contributed by atoms with Gasteiger partial charge in [-0.3, -0.25) is 4.79 Å². The van der Waals surface area contributed by atoms with E-state index in [9.17, 15) is 9.90 Å². The van der Waals surface area contributed by atoms with Crippen LogP contribution in [-0.2, 0) is 0 Å². The molecule has 0 saturated heterocycles. The summed E-state index contributed by atoms with van der Waals surface area (Å²) in [5.41, 5.74) is 2.67. The van der Waals surface area contributed by atoms with Crippen molar-refractivity contribution < 1.29 is 19.1 Å². The van der Waals surface area contributed by atoms with Gasteiger partial charge in [0.2, 0.25) is 0 Å². The fourth-order valence-corrected chi connectivity index (χ4v) is 1.40. The highest BCUT2D eigenvalue weighted by Crippen LogP contribution is 2.26. The Bertz CT molecular complexity index is 591. The number of ether oxygens (including phenoxy) is 1. The van der Waals surface area contributed by atoms with Crippen LogP contribution in [0.1, 0.15) is 16.1 Å². The first kappa shape index (κ1) is 12.7. The summed E-state index contributed by atoms with van der Waals surface area (Å²) < 4.78 is 9.94. The number of hydrazone groups is 1. The molecular weight excluding hydrogens is 248 g/mol. The van der Waals surface area contributed by atoms with Crippen molar-refractivity contribution >= 4 is 12.1 Å². The van der Waals surface area contributed by atoms with Gasteiger partial charge in [0.1, 0.15) is 5.76 Å². The van der Waals surface area contributed by atoms with Crippen LogP contribution in [0.5, 0.6) is 11.5 Å². The van der Waals surface area contributed by atoms with E-state index in [1.807, 2.05) is 0 Å². The molecule has 98 valence electrons. The van der Waals surface area contributed by atoms with Gasteiger partial charge in [0.25, 0.3) is 5.91 Å². The number of aromatic hydroxyl groups is 1. The smallest absolute Gasteiger partial charge is 0.271 e. The van der Waals surface area contributed by atoms with Gasteiger partial charge in [-0.15, -0.1) is 0 Å². The first-order valence-corrected chi connectivity index (χ1v) is 5.44. The van der Waals surface area contributed by atoms with E-state index < -0.39 is 5.91 Å². The van der Waals surface area contributed by atoms with E-state index in [2.05, 4.69) is 10.5 Å². The van der Waals surface area contributed by atoms with Gasteiger partial charge in [0.15, 0.2) is 11.5 Å². The number of carbonyl (C=O) groups is 1. The Morgan fingerprint density at radius 1 is 1.47 bits per heavy atom. The van der Waals surface area contributed by atoms with Crippen LogP contribution < -0.4 is 10.2 Å². The second kappa shape index (κ2) is 5.72. The SMILES string of the molecule is COc1cc(C(=O)N/N=C/c2ccco2)ccc1O. The molecule has 0 fully saturated rings. The minimum atomic E-state index is -0.416. The predicted molar refractivity (Wildman–Crippen MR) is 68.4 cm³/mol.